The van der Waals surface area contributed by atoms with Gasteiger partial charge in [-0.15, -0.1) is 0 Å². The van der Waals surface area contributed by atoms with Crippen molar-refractivity contribution in [2.45, 2.75) is 26.3 Å². The summed E-state index contributed by atoms with van der Waals surface area (Å²) in [5.74, 6) is 1.78. The van der Waals surface area contributed by atoms with E-state index in [1.54, 1.807) is 0 Å². The molecule has 0 unspecified atom stereocenters. The lowest BCUT2D eigenvalue weighted by atomic mass is 9.99. The number of hydrogen-bond acceptors (Lipinski definition) is 2. The van der Waals surface area contributed by atoms with Crippen molar-refractivity contribution < 1.29 is 0 Å². The van der Waals surface area contributed by atoms with Crippen LogP contribution in [0, 0.1) is 5.92 Å². The monoisotopic (exact) mass is 288 g/mol. The van der Waals surface area contributed by atoms with Crippen LogP contribution < -0.4 is 10.6 Å². The second-order valence-electron chi connectivity index (χ2n) is 5.86. The van der Waals surface area contributed by atoms with Gasteiger partial charge in [-0.1, -0.05) is 37.3 Å². The SMILES string of the molecule is CN=C(NCCN1CCC(C)CC1)NCc1ccccc1. The van der Waals surface area contributed by atoms with E-state index < -0.39 is 0 Å². The van der Waals surface area contributed by atoms with Gasteiger partial charge in [-0.05, 0) is 37.4 Å². The molecule has 1 fully saturated rings. The van der Waals surface area contributed by atoms with Crippen molar-refractivity contribution in [2.75, 3.05) is 33.2 Å². The first-order valence-electron chi connectivity index (χ1n) is 7.98. The van der Waals surface area contributed by atoms with E-state index in [9.17, 15) is 0 Å². The van der Waals surface area contributed by atoms with Crippen LogP contribution in [0.15, 0.2) is 35.3 Å². The third-order valence-corrected chi connectivity index (χ3v) is 4.12. The second-order valence-corrected chi connectivity index (χ2v) is 5.86. The first-order chi connectivity index (χ1) is 10.3. The van der Waals surface area contributed by atoms with Crippen molar-refractivity contribution in [2.24, 2.45) is 10.9 Å². The van der Waals surface area contributed by atoms with Gasteiger partial charge in [0, 0.05) is 26.7 Å². The summed E-state index contributed by atoms with van der Waals surface area (Å²) < 4.78 is 0. The predicted octanol–water partition coefficient (Wildman–Crippen LogP) is 2.08. The lowest BCUT2D eigenvalue weighted by Gasteiger charge is -2.30. The highest BCUT2D eigenvalue weighted by Crippen LogP contribution is 2.14. The van der Waals surface area contributed by atoms with Crippen molar-refractivity contribution in [3.63, 3.8) is 0 Å². The molecule has 1 aliphatic rings. The molecule has 0 amide bonds. The van der Waals surface area contributed by atoms with E-state index in [1.807, 2.05) is 13.1 Å². The minimum Gasteiger partial charge on any atom is -0.355 e. The largest absolute Gasteiger partial charge is 0.355 e. The molecule has 0 spiro atoms. The Bertz CT molecular complexity index is 422. The number of guanidine groups is 1. The third-order valence-electron chi connectivity index (χ3n) is 4.12. The van der Waals surface area contributed by atoms with Crippen LogP contribution in [0.3, 0.4) is 0 Å². The fraction of sp³-hybridized carbons (Fsp3) is 0.588. The third kappa shape index (κ3) is 5.76. The summed E-state index contributed by atoms with van der Waals surface area (Å²) in [6.07, 6.45) is 2.67. The Labute approximate surface area is 128 Å². The van der Waals surface area contributed by atoms with Crippen molar-refractivity contribution in [1.29, 1.82) is 0 Å². The van der Waals surface area contributed by atoms with E-state index in [1.165, 1.54) is 31.5 Å². The highest BCUT2D eigenvalue weighted by Gasteiger charge is 2.14. The number of hydrogen-bond donors (Lipinski definition) is 2. The van der Waals surface area contributed by atoms with Crippen molar-refractivity contribution in [1.82, 2.24) is 15.5 Å². The van der Waals surface area contributed by atoms with Crippen LogP contribution in [0.5, 0.6) is 0 Å². The number of aliphatic imine (C=N–C) groups is 1. The van der Waals surface area contributed by atoms with Crippen molar-refractivity contribution in [3.05, 3.63) is 35.9 Å². The van der Waals surface area contributed by atoms with E-state index >= 15 is 0 Å². The summed E-state index contributed by atoms with van der Waals surface area (Å²) in [5.41, 5.74) is 1.27. The van der Waals surface area contributed by atoms with Crippen LogP contribution in [0.25, 0.3) is 0 Å². The summed E-state index contributed by atoms with van der Waals surface area (Å²) >= 11 is 0. The fourth-order valence-corrected chi connectivity index (χ4v) is 2.62. The zero-order valence-electron chi connectivity index (χ0n) is 13.3. The normalized spacial score (nSPS) is 17.7. The summed E-state index contributed by atoms with van der Waals surface area (Å²) in [7, 11) is 1.82. The Morgan fingerprint density at radius 2 is 1.90 bits per heavy atom. The van der Waals surface area contributed by atoms with Gasteiger partial charge in [0.1, 0.15) is 0 Å². The molecule has 1 saturated heterocycles. The summed E-state index contributed by atoms with van der Waals surface area (Å²) in [5, 5.41) is 6.75. The molecule has 4 nitrogen and oxygen atoms in total. The van der Waals surface area contributed by atoms with E-state index in [0.717, 1.165) is 31.5 Å². The maximum atomic E-state index is 4.27. The molecule has 1 aromatic rings. The Kier molecular flexibility index (Phi) is 6.54. The van der Waals surface area contributed by atoms with Crippen LogP contribution in [-0.4, -0.2) is 44.1 Å². The number of piperidine rings is 1. The highest BCUT2D eigenvalue weighted by atomic mass is 15.2. The lowest BCUT2D eigenvalue weighted by molar-refractivity contribution is 0.195. The number of nitrogens with one attached hydrogen (secondary N) is 2. The lowest BCUT2D eigenvalue weighted by Crippen LogP contribution is -2.43. The number of nitrogens with zero attached hydrogens (tertiary/aromatic N) is 2. The molecule has 0 saturated carbocycles. The zero-order chi connectivity index (χ0) is 14.9. The zero-order valence-corrected chi connectivity index (χ0v) is 13.3. The van der Waals surface area contributed by atoms with Gasteiger partial charge in [-0.2, -0.15) is 0 Å². The Morgan fingerprint density at radius 1 is 1.19 bits per heavy atom. The predicted molar refractivity (Wildman–Crippen MR) is 89.5 cm³/mol. The molecule has 0 aliphatic carbocycles. The van der Waals surface area contributed by atoms with E-state index in [2.05, 4.69) is 51.7 Å². The molecular weight excluding hydrogens is 260 g/mol. The van der Waals surface area contributed by atoms with Gasteiger partial charge in [-0.3, -0.25) is 4.99 Å². The van der Waals surface area contributed by atoms with E-state index in [-0.39, 0.29) is 0 Å². The minimum absolute atomic E-state index is 0.807. The Hall–Kier alpha value is -1.55. The van der Waals surface area contributed by atoms with Crippen LogP contribution in [0.1, 0.15) is 25.3 Å². The van der Waals surface area contributed by atoms with Gasteiger partial charge in [0.25, 0.3) is 0 Å². The van der Waals surface area contributed by atoms with Gasteiger partial charge in [0.2, 0.25) is 0 Å². The molecule has 0 aromatic heterocycles. The summed E-state index contributed by atoms with van der Waals surface area (Å²) in [6.45, 7) is 7.67. The van der Waals surface area contributed by atoms with E-state index in [0.29, 0.717) is 0 Å². The molecule has 1 aliphatic heterocycles. The molecule has 1 aromatic carbocycles. The molecule has 0 bridgehead atoms. The van der Waals surface area contributed by atoms with Crippen LogP contribution in [-0.2, 0) is 6.54 Å². The first-order valence-corrected chi connectivity index (χ1v) is 7.98. The fourth-order valence-electron chi connectivity index (χ4n) is 2.62. The summed E-state index contributed by atoms with van der Waals surface area (Å²) in [6, 6.07) is 10.4. The molecule has 0 atom stereocenters. The average molecular weight is 288 g/mol. The second kappa shape index (κ2) is 8.67. The van der Waals surface area contributed by atoms with Crippen molar-refractivity contribution in [3.8, 4) is 0 Å². The molecule has 1 heterocycles. The van der Waals surface area contributed by atoms with Crippen LogP contribution >= 0.6 is 0 Å². The van der Waals surface area contributed by atoms with Gasteiger partial charge in [-0.25, -0.2) is 0 Å². The van der Waals surface area contributed by atoms with E-state index in [4.69, 9.17) is 0 Å². The molecule has 2 N–H and O–H groups in total. The molecule has 0 radical (unpaired) electrons. The number of likely N-dealkylation sites (tertiary alicyclic amines) is 1. The molecular formula is C17H28N4. The van der Waals surface area contributed by atoms with Crippen LogP contribution in [0.4, 0.5) is 0 Å². The van der Waals surface area contributed by atoms with Gasteiger partial charge < -0.3 is 15.5 Å². The van der Waals surface area contributed by atoms with Gasteiger partial charge in [0.05, 0.1) is 0 Å². The standard InChI is InChI=1S/C17H28N4/c1-15-8-11-21(12-9-15)13-10-19-17(18-2)20-14-16-6-4-3-5-7-16/h3-7,15H,8-14H2,1-2H3,(H2,18,19,20). The van der Waals surface area contributed by atoms with Gasteiger partial charge in [0.15, 0.2) is 5.96 Å². The average Bonchev–Trinajstić information content (AvgIpc) is 2.53. The maximum Gasteiger partial charge on any atom is 0.191 e. The molecule has 21 heavy (non-hydrogen) atoms. The topological polar surface area (TPSA) is 39.7 Å². The van der Waals surface area contributed by atoms with Crippen LogP contribution in [0.2, 0.25) is 0 Å². The Morgan fingerprint density at radius 3 is 2.57 bits per heavy atom. The molecule has 116 valence electrons. The molecule has 2 rings (SSSR count). The number of rotatable bonds is 5. The highest BCUT2D eigenvalue weighted by molar-refractivity contribution is 5.79. The van der Waals surface area contributed by atoms with Gasteiger partial charge >= 0.3 is 0 Å². The summed E-state index contributed by atoms with van der Waals surface area (Å²) in [4.78, 5) is 6.81. The Balaban J connectivity index is 1.64. The van der Waals surface area contributed by atoms with Crippen molar-refractivity contribution >= 4 is 5.96 Å². The number of benzene rings is 1. The maximum absolute atomic E-state index is 4.27. The quantitative estimate of drug-likeness (QED) is 0.644. The first kappa shape index (κ1) is 15.8. The smallest absolute Gasteiger partial charge is 0.191 e. The minimum atomic E-state index is 0.807. The molecule has 4 heteroatoms.